The summed E-state index contributed by atoms with van der Waals surface area (Å²) in [6, 6.07) is 19.4. The van der Waals surface area contributed by atoms with Crippen molar-refractivity contribution in [2.45, 2.75) is 18.2 Å². The van der Waals surface area contributed by atoms with Gasteiger partial charge in [0, 0.05) is 12.2 Å². The van der Waals surface area contributed by atoms with E-state index in [1.54, 1.807) is 38.5 Å². The quantitative estimate of drug-likeness (QED) is 0.389. The summed E-state index contributed by atoms with van der Waals surface area (Å²) >= 11 is 5.35. The van der Waals surface area contributed by atoms with E-state index in [1.807, 2.05) is 37.3 Å². The maximum atomic E-state index is 12.7. The van der Waals surface area contributed by atoms with Gasteiger partial charge in [0.25, 0.3) is 10.0 Å². The zero-order chi connectivity index (χ0) is 23.8. The molecular weight excluding hydrogens is 458 g/mol. The van der Waals surface area contributed by atoms with Crippen molar-refractivity contribution in [3.8, 4) is 11.5 Å². The largest absolute Gasteiger partial charge is 0.493 e. The molecule has 0 saturated carbocycles. The summed E-state index contributed by atoms with van der Waals surface area (Å²) in [5.41, 5.74) is 3.18. The van der Waals surface area contributed by atoms with Gasteiger partial charge in [-0.1, -0.05) is 24.3 Å². The first-order chi connectivity index (χ1) is 15.8. The molecule has 174 valence electrons. The van der Waals surface area contributed by atoms with Crippen molar-refractivity contribution in [2.24, 2.45) is 0 Å². The first-order valence-corrected chi connectivity index (χ1v) is 12.2. The fourth-order valence-electron chi connectivity index (χ4n) is 3.14. The minimum atomic E-state index is -3.68. The normalized spacial score (nSPS) is 10.9. The first kappa shape index (κ1) is 24.3. The van der Waals surface area contributed by atoms with Gasteiger partial charge < -0.3 is 20.1 Å². The molecule has 0 saturated heterocycles. The van der Waals surface area contributed by atoms with Crippen LogP contribution in [0, 0.1) is 6.92 Å². The molecule has 33 heavy (non-hydrogen) atoms. The van der Waals surface area contributed by atoms with Crippen LogP contribution in [0.4, 0.5) is 11.4 Å². The lowest BCUT2D eigenvalue weighted by molar-refractivity contribution is 0.354. The van der Waals surface area contributed by atoms with Crippen LogP contribution in [-0.2, 0) is 16.4 Å². The minimum Gasteiger partial charge on any atom is -0.493 e. The number of hydrogen-bond donors (Lipinski definition) is 3. The third kappa shape index (κ3) is 6.59. The Hall–Kier alpha value is -3.30. The van der Waals surface area contributed by atoms with Crippen LogP contribution < -0.4 is 24.8 Å². The van der Waals surface area contributed by atoms with Crippen molar-refractivity contribution in [2.75, 3.05) is 30.8 Å². The van der Waals surface area contributed by atoms with Crippen molar-refractivity contribution in [3.63, 3.8) is 0 Å². The fraction of sp³-hybridized carbons (Fsp3) is 0.208. The average molecular weight is 486 g/mol. The SMILES string of the molecule is COc1ccc(CCNC(=S)Nc2ccc(S(=O)(=O)Nc3ccccc3C)cc2)cc1OC. The van der Waals surface area contributed by atoms with E-state index in [0.717, 1.165) is 17.5 Å². The number of methoxy groups -OCH3 is 2. The summed E-state index contributed by atoms with van der Waals surface area (Å²) in [6.07, 6.45) is 0.740. The Morgan fingerprint density at radius 3 is 2.30 bits per heavy atom. The Morgan fingerprint density at radius 2 is 1.64 bits per heavy atom. The average Bonchev–Trinajstić information content (AvgIpc) is 2.80. The molecule has 0 heterocycles. The van der Waals surface area contributed by atoms with Gasteiger partial charge in [-0.05, 0) is 79.2 Å². The molecular formula is C24H27N3O4S2. The summed E-state index contributed by atoms with van der Waals surface area (Å²) in [5.74, 6) is 1.37. The molecule has 0 aliphatic rings. The first-order valence-electron chi connectivity index (χ1n) is 10.3. The van der Waals surface area contributed by atoms with Gasteiger partial charge in [0.1, 0.15) is 0 Å². The van der Waals surface area contributed by atoms with Crippen LogP contribution in [0.5, 0.6) is 11.5 Å². The van der Waals surface area contributed by atoms with E-state index in [-0.39, 0.29) is 4.90 Å². The van der Waals surface area contributed by atoms with E-state index in [1.165, 1.54) is 12.1 Å². The highest BCUT2D eigenvalue weighted by Crippen LogP contribution is 2.27. The monoisotopic (exact) mass is 485 g/mol. The summed E-state index contributed by atoms with van der Waals surface area (Å²) in [6.45, 7) is 2.47. The Balaban J connectivity index is 1.53. The summed E-state index contributed by atoms with van der Waals surface area (Å²) in [7, 11) is -0.474. The number of hydrogen-bond acceptors (Lipinski definition) is 5. The minimum absolute atomic E-state index is 0.170. The number of rotatable bonds is 9. The molecule has 3 N–H and O–H groups in total. The van der Waals surface area contributed by atoms with Crippen molar-refractivity contribution < 1.29 is 17.9 Å². The fourth-order valence-corrected chi connectivity index (χ4v) is 4.49. The standard InChI is InChI=1S/C24H27N3O4S2/c1-17-6-4-5-7-21(17)27-33(28,29)20-11-9-19(10-12-20)26-24(32)25-15-14-18-8-13-22(30-2)23(16-18)31-3/h4-13,16,27H,14-15H2,1-3H3,(H2,25,26,32). The third-order valence-corrected chi connectivity index (χ3v) is 6.59. The molecule has 0 radical (unpaired) electrons. The van der Waals surface area contributed by atoms with Gasteiger partial charge in [-0.15, -0.1) is 0 Å². The molecule has 0 aromatic heterocycles. The number of ether oxygens (including phenoxy) is 2. The molecule has 3 aromatic rings. The van der Waals surface area contributed by atoms with Gasteiger partial charge in [0.05, 0.1) is 24.8 Å². The number of sulfonamides is 1. The van der Waals surface area contributed by atoms with Crippen LogP contribution in [0.2, 0.25) is 0 Å². The van der Waals surface area contributed by atoms with Crippen LogP contribution in [0.15, 0.2) is 71.6 Å². The zero-order valence-electron chi connectivity index (χ0n) is 18.7. The lowest BCUT2D eigenvalue weighted by atomic mass is 10.1. The number of benzene rings is 3. The Morgan fingerprint density at radius 1 is 0.939 bits per heavy atom. The maximum absolute atomic E-state index is 12.7. The number of anilines is 2. The van der Waals surface area contributed by atoms with Crippen molar-refractivity contribution >= 4 is 38.7 Å². The van der Waals surface area contributed by atoms with Crippen molar-refractivity contribution in [1.29, 1.82) is 0 Å². The molecule has 3 aromatic carbocycles. The van der Waals surface area contributed by atoms with E-state index in [2.05, 4.69) is 15.4 Å². The topological polar surface area (TPSA) is 88.7 Å². The second kappa shape index (κ2) is 11.0. The molecule has 0 atom stereocenters. The van der Waals surface area contributed by atoms with Gasteiger partial charge in [-0.25, -0.2) is 8.42 Å². The Labute approximate surface area is 200 Å². The number of thiocarbonyl (C=S) groups is 1. The van der Waals surface area contributed by atoms with Crippen LogP contribution in [-0.4, -0.2) is 34.3 Å². The smallest absolute Gasteiger partial charge is 0.261 e. The third-order valence-electron chi connectivity index (χ3n) is 4.96. The van der Waals surface area contributed by atoms with E-state index >= 15 is 0 Å². The highest BCUT2D eigenvalue weighted by molar-refractivity contribution is 7.92. The predicted octanol–water partition coefficient (Wildman–Crippen LogP) is 4.34. The number of aryl methyl sites for hydroxylation is 1. The highest BCUT2D eigenvalue weighted by Gasteiger charge is 2.15. The molecule has 0 amide bonds. The van der Waals surface area contributed by atoms with Crippen molar-refractivity contribution in [3.05, 3.63) is 77.9 Å². The molecule has 0 aliphatic carbocycles. The maximum Gasteiger partial charge on any atom is 0.261 e. The van der Waals surface area contributed by atoms with Gasteiger partial charge in [0.15, 0.2) is 16.6 Å². The van der Waals surface area contributed by atoms with Gasteiger partial charge in [-0.2, -0.15) is 0 Å². The van der Waals surface area contributed by atoms with Gasteiger partial charge >= 0.3 is 0 Å². The highest BCUT2D eigenvalue weighted by atomic mass is 32.2. The number of para-hydroxylation sites is 1. The second-order valence-electron chi connectivity index (χ2n) is 7.27. The summed E-state index contributed by atoms with van der Waals surface area (Å²) in [4.78, 5) is 0.170. The van der Waals surface area contributed by atoms with Crippen LogP contribution in [0.3, 0.4) is 0 Å². The van der Waals surface area contributed by atoms with Crippen LogP contribution in [0.1, 0.15) is 11.1 Å². The number of nitrogens with one attached hydrogen (secondary N) is 3. The Kier molecular flexibility index (Phi) is 8.13. The molecule has 3 rings (SSSR count). The molecule has 9 heteroatoms. The van der Waals surface area contributed by atoms with Crippen LogP contribution in [0.25, 0.3) is 0 Å². The molecule has 0 unspecified atom stereocenters. The van der Waals surface area contributed by atoms with Crippen LogP contribution >= 0.6 is 12.2 Å². The van der Waals surface area contributed by atoms with E-state index in [0.29, 0.717) is 34.5 Å². The molecule has 0 spiro atoms. The van der Waals surface area contributed by atoms with E-state index in [4.69, 9.17) is 21.7 Å². The van der Waals surface area contributed by atoms with E-state index < -0.39 is 10.0 Å². The summed E-state index contributed by atoms with van der Waals surface area (Å²) < 4.78 is 38.5. The zero-order valence-corrected chi connectivity index (χ0v) is 20.3. The molecule has 0 bridgehead atoms. The molecule has 0 fully saturated rings. The predicted molar refractivity (Wildman–Crippen MR) is 136 cm³/mol. The van der Waals surface area contributed by atoms with Crippen molar-refractivity contribution in [1.82, 2.24) is 5.32 Å². The second-order valence-corrected chi connectivity index (χ2v) is 9.36. The van der Waals surface area contributed by atoms with Gasteiger partial charge in [0.2, 0.25) is 0 Å². The Bertz CT molecular complexity index is 1210. The van der Waals surface area contributed by atoms with Gasteiger partial charge in [-0.3, -0.25) is 4.72 Å². The molecule has 0 aliphatic heterocycles. The van der Waals surface area contributed by atoms with E-state index in [9.17, 15) is 8.42 Å². The lowest BCUT2D eigenvalue weighted by Crippen LogP contribution is -2.30. The molecule has 7 nitrogen and oxygen atoms in total. The lowest BCUT2D eigenvalue weighted by Gasteiger charge is -2.13. The summed E-state index contributed by atoms with van der Waals surface area (Å²) in [5, 5.41) is 6.66.